The third-order valence-electron chi connectivity index (χ3n) is 2.62. The van der Waals surface area contributed by atoms with Gasteiger partial charge in [-0.2, -0.15) is 0 Å². The van der Waals surface area contributed by atoms with Crippen LogP contribution in [0, 0.1) is 0 Å². The van der Waals surface area contributed by atoms with Gasteiger partial charge in [0, 0.05) is 24.4 Å². The van der Waals surface area contributed by atoms with E-state index < -0.39 is 0 Å². The maximum atomic E-state index is 5.84. The highest BCUT2D eigenvalue weighted by molar-refractivity contribution is 5.36. The highest BCUT2D eigenvalue weighted by Crippen LogP contribution is 2.25. The number of aromatic nitrogens is 1. The van der Waals surface area contributed by atoms with Crippen LogP contribution in [0.25, 0.3) is 0 Å². The van der Waals surface area contributed by atoms with Crippen LogP contribution >= 0.6 is 0 Å². The van der Waals surface area contributed by atoms with Gasteiger partial charge in [-0.25, -0.2) is 4.98 Å². The molecule has 0 spiro atoms. The second kappa shape index (κ2) is 6.20. The molecule has 1 aromatic carbocycles. The van der Waals surface area contributed by atoms with Gasteiger partial charge in [0.25, 0.3) is 0 Å². The topological polar surface area (TPSA) is 57.4 Å². The van der Waals surface area contributed by atoms with Crippen LogP contribution in [0.5, 0.6) is 17.4 Å². The van der Waals surface area contributed by atoms with E-state index in [1.54, 1.807) is 6.20 Å². The normalized spacial score (nSPS) is 11.9. The third-order valence-corrected chi connectivity index (χ3v) is 2.62. The fourth-order valence-corrected chi connectivity index (χ4v) is 1.68. The summed E-state index contributed by atoms with van der Waals surface area (Å²) in [4.78, 5) is 4.17. The summed E-state index contributed by atoms with van der Waals surface area (Å²) in [6.45, 7) is 4.50. The summed E-state index contributed by atoms with van der Waals surface area (Å²) in [6, 6.07) is 11.2. The van der Waals surface area contributed by atoms with Gasteiger partial charge >= 0.3 is 0 Å². The molecule has 0 amide bonds. The SMILES string of the molecule is CCOc1cccc(Oc2cc([C@@H](C)N)ccn2)c1. The Bertz CT molecular complexity index is 541. The van der Waals surface area contributed by atoms with Crippen LogP contribution in [0.15, 0.2) is 42.6 Å². The van der Waals surface area contributed by atoms with E-state index in [1.165, 1.54) is 0 Å². The zero-order valence-corrected chi connectivity index (χ0v) is 11.2. The Labute approximate surface area is 113 Å². The van der Waals surface area contributed by atoms with E-state index in [0.717, 1.165) is 11.3 Å². The Morgan fingerprint density at radius 1 is 1.21 bits per heavy atom. The van der Waals surface area contributed by atoms with Crippen LogP contribution in [0.2, 0.25) is 0 Å². The lowest BCUT2D eigenvalue weighted by Crippen LogP contribution is -2.05. The predicted molar refractivity (Wildman–Crippen MR) is 74.5 cm³/mol. The molecule has 0 aliphatic rings. The van der Waals surface area contributed by atoms with Crippen molar-refractivity contribution in [2.24, 2.45) is 5.73 Å². The van der Waals surface area contributed by atoms with Crippen LogP contribution in [0.1, 0.15) is 25.5 Å². The molecular weight excluding hydrogens is 240 g/mol. The summed E-state index contributed by atoms with van der Waals surface area (Å²) in [7, 11) is 0. The number of hydrogen-bond acceptors (Lipinski definition) is 4. The molecule has 0 unspecified atom stereocenters. The van der Waals surface area contributed by atoms with Crippen molar-refractivity contribution >= 4 is 0 Å². The molecule has 0 saturated carbocycles. The van der Waals surface area contributed by atoms with Gasteiger partial charge in [0.05, 0.1) is 6.61 Å². The van der Waals surface area contributed by atoms with Crippen molar-refractivity contribution in [3.63, 3.8) is 0 Å². The Kier molecular flexibility index (Phi) is 4.36. The van der Waals surface area contributed by atoms with E-state index >= 15 is 0 Å². The molecule has 0 aliphatic heterocycles. The molecule has 2 N–H and O–H groups in total. The van der Waals surface area contributed by atoms with E-state index in [2.05, 4.69) is 4.98 Å². The predicted octanol–water partition coefficient (Wildman–Crippen LogP) is 3.29. The summed E-state index contributed by atoms with van der Waals surface area (Å²) in [5, 5.41) is 0. The van der Waals surface area contributed by atoms with Gasteiger partial charge in [0.2, 0.25) is 5.88 Å². The zero-order valence-electron chi connectivity index (χ0n) is 11.2. The third kappa shape index (κ3) is 3.69. The number of benzene rings is 1. The van der Waals surface area contributed by atoms with Crippen LogP contribution < -0.4 is 15.2 Å². The number of nitrogens with zero attached hydrogens (tertiary/aromatic N) is 1. The van der Waals surface area contributed by atoms with Crippen molar-refractivity contribution < 1.29 is 9.47 Å². The smallest absolute Gasteiger partial charge is 0.219 e. The number of nitrogens with two attached hydrogens (primary N) is 1. The molecular formula is C15H18N2O2. The Hall–Kier alpha value is -2.07. The van der Waals surface area contributed by atoms with E-state index in [1.807, 2.05) is 50.2 Å². The number of ether oxygens (including phenoxy) is 2. The number of pyridine rings is 1. The Morgan fingerprint density at radius 2 is 2.00 bits per heavy atom. The average molecular weight is 258 g/mol. The van der Waals surface area contributed by atoms with Gasteiger partial charge < -0.3 is 15.2 Å². The van der Waals surface area contributed by atoms with Crippen LogP contribution in [-0.4, -0.2) is 11.6 Å². The van der Waals surface area contributed by atoms with Crippen molar-refractivity contribution in [3.8, 4) is 17.4 Å². The monoisotopic (exact) mass is 258 g/mol. The van der Waals surface area contributed by atoms with Gasteiger partial charge in [-0.3, -0.25) is 0 Å². The van der Waals surface area contributed by atoms with E-state index in [-0.39, 0.29) is 6.04 Å². The number of hydrogen-bond donors (Lipinski definition) is 1. The second-order valence-corrected chi connectivity index (χ2v) is 4.23. The molecule has 1 aromatic heterocycles. The molecule has 1 atom stereocenters. The molecule has 2 aromatic rings. The molecule has 100 valence electrons. The molecule has 0 aliphatic carbocycles. The minimum absolute atomic E-state index is 0.0416. The van der Waals surface area contributed by atoms with E-state index in [4.69, 9.17) is 15.2 Å². The van der Waals surface area contributed by atoms with Crippen molar-refractivity contribution in [3.05, 3.63) is 48.2 Å². The molecule has 0 radical (unpaired) electrons. The minimum Gasteiger partial charge on any atom is -0.494 e. The molecule has 4 nitrogen and oxygen atoms in total. The maximum Gasteiger partial charge on any atom is 0.219 e. The summed E-state index contributed by atoms with van der Waals surface area (Å²) in [5.74, 6) is 2.01. The lowest BCUT2D eigenvalue weighted by atomic mass is 10.1. The first kappa shape index (κ1) is 13.4. The quantitative estimate of drug-likeness (QED) is 0.894. The fraction of sp³-hybridized carbons (Fsp3) is 0.267. The van der Waals surface area contributed by atoms with Crippen LogP contribution in [-0.2, 0) is 0 Å². The largest absolute Gasteiger partial charge is 0.494 e. The van der Waals surface area contributed by atoms with Crippen LogP contribution in [0.3, 0.4) is 0 Å². The molecule has 2 rings (SSSR count). The number of rotatable bonds is 5. The van der Waals surface area contributed by atoms with E-state index in [9.17, 15) is 0 Å². The molecule has 4 heteroatoms. The van der Waals surface area contributed by atoms with Gasteiger partial charge in [-0.05, 0) is 37.6 Å². The Balaban J connectivity index is 2.16. The average Bonchev–Trinajstić information content (AvgIpc) is 2.40. The molecule has 0 saturated heterocycles. The summed E-state index contributed by atoms with van der Waals surface area (Å²) in [5.41, 5.74) is 6.83. The molecule has 0 bridgehead atoms. The Morgan fingerprint density at radius 3 is 2.74 bits per heavy atom. The lowest BCUT2D eigenvalue weighted by molar-refractivity contribution is 0.338. The molecule has 1 heterocycles. The van der Waals surface area contributed by atoms with Gasteiger partial charge in [0.1, 0.15) is 11.5 Å². The second-order valence-electron chi connectivity index (χ2n) is 4.23. The highest BCUT2D eigenvalue weighted by Gasteiger charge is 2.04. The van der Waals surface area contributed by atoms with Crippen molar-refractivity contribution in [1.82, 2.24) is 4.98 Å². The fourth-order valence-electron chi connectivity index (χ4n) is 1.68. The standard InChI is InChI=1S/C15H18N2O2/c1-3-18-13-5-4-6-14(10-13)19-15-9-12(11(2)16)7-8-17-15/h4-11H,3,16H2,1-2H3/t11-/m1/s1. The van der Waals surface area contributed by atoms with Gasteiger partial charge in [-0.15, -0.1) is 0 Å². The summed E-state index contributed by atoms with van der Waals surface area (Å²) in [6.07, 6.45) is 1.69. The first-order valence-corrected chi connectivity index (χ1v) is 6.31. The highest BCUT2D eigenvalue weighted by atomic mass is 16.5. The van der Waals surface area contributed by atoms with Crippen molar-refractivity contribution in [1.29, 1.82) is 0 Å². The summed E-state index contributed by atoms with van der Waals surface area (Å²) >= 11 is 0. The van der Waals surface area contributed by atoms with E-state index in [0.29, 0.717) is 18.2 Å². The van der Waals surface area contributed by atoms with Crippen molar-refractivity contribution in [2.45, 2.75) is 19.9 Å². The maximum absolute atomic E-state index is 5.84. The van der Waals surface area contributed by atoms with Crippen LogP contribution in [0.4, 0.5) is 0 Å². The first-order chi connectivity index (χ1) is 9.19. The summed E-state index contributed by atoms with van der Waals surface area (Å²) < 4.78 is 11.1. The van der Waals surface area contributed by atoms with Gasteiger partial charge in [0.15, 0.2) is 0 Å². The molecule has 0 fully saturated rings. The lowest BCUT2D eigenvalue weighted by Gasteiger charge is -2.09. The van der Waals surface area contributed by atoms with Crippen molar-refractivity contribution in [2.75, 3.05) is 6.61 Å². The minimum atomic E-state index is -0.0416. The van der Waals surface area contributed by atoms with Gasteiger partial charge in [-0.1, -0.05) is 6.07 Å². The molecule has 19 heavy (non-hydrogen) atoms. The zero-order chi connectivity index (χ0) is 13.7. The first-order valence-electron chi connectivity index (χ1n) is 6.31.